The largest absolute Gasteiger partial charge is 0.349 e. The quantitative estimate of drug-likeness (QED) is 0.766. The Morgan fingerprint density at radius 3 is 2.67 bits per heavy atom. The zero-order valence-electron chi connectivity index (χ0n) is 11.2. The second kappa shape index (κ2) is 6.36. The van der Waals surface area contributed by atoms with Crippen molar-refractivity contribution in [3.63, 3.8) is 0 Å². The number of aryl methyl sites for hydroxylation is 3. The van der Waals surface area contributed by atoms with E-state index < -0.39 is 0 Å². The summed E-state index contributed by atoms with van der Waals surface area (Å²) in [5.41, 5.74) is 4.16. The molecule has 3 nitrogen and oxygen atoms in total. The maximum absolute atomic E-state index is 4.22. The van der Waals surface area contributed by atoms with Crippen LogP contribution >= 0.6 is 0 Å². The van der Waals surface area contributed by atoms with Crippen molar-refractivity contribution in [3.05, 3.63) is 53.1 Å². The number of nitrogens with zero attached hydrogens (tertiary/aromatic N) is 1. The van der Waals surface area contributed by atoms with E-state index in [1.54, 1.807) is 6.20 Å². The summed E-state index contributed by atoms with van der Waals surface area (Å²) in [6, 6.07) is 6.46. The smallest absolute Gasteiger partial charge is 0.106 e. The Morgan fingerprint density at radius 1 is 1.22 bits per heavy atom. The minimum absolute atomic E-state index is 0.955. The van der Waals surface area contributed by atoms with E-state index in [-0.39, 0.29) is 0 Å². The topological polar surface area (TPSA) is 40.7 Å². The van der Waals surface area contributed by atoms with Crippen LogP contribution in [0.1, 0.15) is 28.9 Å². The molecule has 2 N–H and O–H groups in total. The van der Waals surface area contributed by atoms with Crippen molar-refractivity contribution in [2.75, 3.05) is 6.54 Å². The standard InChI is InChI=1S/C15H21N3/c1-12-5-3-6-13(2)14(12)11-16-8-4-7-15-17-9-10-18-15/h3,5-6,9-10,16H,4,7-8,11H2,1-2H3,(H,17,18). The number of H-pyrrole nitrogens is 1. The molecule has 0 saturated carbocycles. The molecule has 0 unspecified atom stereocenters. The molecule has 0 aliphatic carbocycles. The molecule has 1 aromatic heterocycles. The van der Waals surface area contributed by atoms with Gasteiger partial charge in [0.15, 0.2) is 0 Å². The molecule has 3 heteroatoms. The summed E-state index contributed by atoms with van der Waals surface area (Å²) >= 11 is 0. The Morgan fingerprint density at radius 2 is 2.00 bits per heavy atom. The summed E-state index contributed by atoms with van der Waals surface area (Å²) in [5, 5.41) is 3.50. The third kappa shape index (κ3) is 3.44. The highest BCUT2D eigenvalue weighted by Gasteiger charge is 2.01. The lowest BCUT2D eigenvalue weighted by molar-refractivity contribution is 0.638. The van der Waals surface area contributed by atoms with Crippen LogP contribution in [-0.4, -0.2) is 16.5 Å². The molecule has 1 heterocycles. The maximum Gasteiger partial charge on any atom is 0.106 e. The van der Waals surface area contributed by atoms with Gasteiger partial charge in [-0.25, -0.2) is 4.98 Å². The van der Waals surface area contributed by atoms with Crippen molar-refractivity contribution in [2.24, 2.45) is 0 Å². The maximum atomic E-state index is 4.22. The summed E-state index contributed by atoms with van der Waals surface area (Å²) in [7, 11) is 0. The van der Waals surface area contributed by atoms with Gasteiger partial charge in [0.25, 0.3) is 0 Å². The van der Waals surface area contributed by atoms with E-state index in [9.17, 15) is 0 Å². The molecule has 0 aliphatic heterocycles. The molecule has 0 fully saturated rings. The number of benzene rings is 1. The number of rotatable bonds is 6. The van der Waals surface area contributed by atoms with Gasteiger partial charge in [-0.2, -0.15) is 0 Å². The number of hydrogen-bond acceptors (Lipinski definition) is 2. The number of hydrogen-bond donors (Lipinski definition) is 2. The third-order valence-corrected chi connectivity index (χ3v) is 3.27. The van der Waals surface area contributed by atoms with Crippen LogP contribution in [0.3, 0.4) is 0 Å². The molecule has 0 aliphatic rings. The molecular weight excluding hydrogens is 222 g/mol. The Kier molecular flexibility index (Phi) is 4.53. The molecule has 2 aromatic rings. The molecule has 1 aromatic carbocycles. The van der Waals surface area contributed by atoms with Crippen LogP contribution in [-0.2, 0) is 13.0 Å². The molecule has 0 bridgehead atoms. The van der Waals surface area contributed by atoms with Gasteiger partial charge < -0.3 is 10.3 Å². The normalized spacial score (nSPS) is 10.8. The highest BCUT2D eigenvalue weighted by Crippen LogP contribution is 2.12. The molecular formula is C15H21N3. The lowest BCUT2D eigenvalue weighted by Crippen LogP contribution is -2.17. The second-order valence-corrected chi connectivity index (χ2v) is 4.69. The molecule has 0 saturated heterocycles. The van der Waals surface area contributed by atoms with Gasteiger partial charge in [-0.1, -0.05) is 18.2 Å². The van der Waals surface area contributed by atoms with Crippen LogP contribution in [0.25, 0.3) is 0 Å². The fourth-order valence-electron chi connectivity index (χ4n) is 2.16. The SMILES string of the molecule is Cc1cccc(C)c1CNCCCc1ncc[nH]1. The first-order valence-electron chi connectivity index (χ1n) is 6.51. The molecule has 0 atom stereocenters. The molecule has 2 rings (SSSR count). The van der Waals surface area contributed by atoms with E-state index in [1.165, 1.54) is 16.7 Å². The Bertz CT molecular complexity index is 454. The predicted octanol–water partition coefficient (Wildman–Crippen LogP) is 2.75. The van der Waals surface area contributed by atoms with E-state index in [1.807, 2.05) is 6.20 Å². The zero-order chi connectivity index (χ0) is 12.8. The molecule has 96 valence electrons. The van der Waals surface area contributed by atoms with Crippen molar-refractivity contribution in [1.82, 2.24) is 15.3 Å². The van der Waals surface area contributed by atoms with E-state index in [0.29, 0.717) is 0 Å². The summed E-state index contributed by atoms with van der Waals surface area (Å²) in [5.74, 6) is 1.07. The van der Waals surface area contributed by atoms with Crippen molar-refractivity contribution in [1.29, 1.82) is 0 Å². The van der Waals surface area contributed by atoms with Crippen LogP contribution in [0.5, 0.6) is 0 Å². The van der Waals surface area contributed by atoms with Crippen molar-refractivity contribution in [2.45, 2.75) is 33.2 Å². The minimum atomic E-state index is 0.955. The van der Waals surface area contributed by atoms with E-state index in [0.717, 1.165) is 31.8 Å². The van der Waals surface area contributed by atoms with Crippen LogP contribution in [0.2, 0.25) is 0 Å². The zero-order valence-corrected chi connectivity index (χ0v) is 11.2. The van der Waals surface area contributed by atoms with E-state index in [4.69, 9.17) is 0 Å². The van der Waals surface area contributed by atoms with Crippen LogP contribution in [0, 0.1) is 13.8 Å². The van der Waals surface area contributed by atoms with Gasteiger partial charge in [0.05, 0.1) is 0 Å². The average molecular weight is 243 g/mol. The first-order chi connectivity index (χ1) is 8.77. The molecule has 0 amide bonds. The van der Waals surface area contributed by atoms with Gasteiger partial charge in [-0.3, -0.25) is 0 Å². The highest BCUT2D eigenvalue weighted by atomic mass is 14.9. The van der Waals surface area contributed by atoms with Gasteiger partial charge in [0.1, 0.15) is 5.82 Å². The van der Waals surface area contributed by atoms with Gasteiger partial charge in [-0.15, -0.1) is 0 Å². The Labute approximate surface area is 109 Å². The lowest BCUT2D eigenvalue weighted by Gasteiger charge is -2.10. The molecule has 0 spiro atoms. The predicted molar refractivity (Wildman–Crippen MR) is 74.5 cm³/mol. The fourth-order valence-corrected chi connectivity index (χ4v) is 2.16. The van der Waals surface area contributed by atoms with Crippen LogP contribution in [0.15, 0.2) is 30.6 Å². The van der Waals surface area contributed by atoms with Crippen molar-refractivity contribution in [3.8, 4) is 0 Å². The van der Waals surface area contributed by atoms with Gasteiger partial charge in [-0.05, 0) is 43.5 Å². The lowest BCUT2D eigenvalue weighted by atomic mass is 10.0. The number of aromatic nitrogens is 2. The van der Waals surface area contributed by atoms with Crippen LogP contribution in [0.4, 0.5) is 0 Å². The number of imidazole rings is 1. The Hall–Kier alpha value is -1.61. The summed E-state index contributed by atoms with van der Waals surface area (Å²) < 4.78 is 0. The minimum Gasteiger partial charge on any atom is -0.349 e. The second-order valence-electron chi connectivity index (χ2n) is 4.69. The number of nitrogens with one attached hydrogen (secondary N) is 2. The van der Waals surface area contributed by atoms with Crippen molar-refractivity contribution < 1.29 is 0 Å². The van der Waals surface area contributed by atoms with Crippen LogP contribution < -0.4 is 5.32 Å². The summed E-state index contributed by atoms with van der Waals surface area (Å²) in [6.07, 6.45) is 5.80. The third-order valence-electron chi connectivity index (χ3n) is 3.27. The first kappa shape index (κ1) is 12.8. The van der Waals surface area contributed by atoms with E-state index >= 15 is 0 Å². The van der Waals surface area contributed by atoms with Gasteiger partial charge >= 0.3 is 0 Å². The van der Waals surface area contributed by atoms with Gasteiger partial charge in [0, 0.05) is 25.4 Å². The summed E-state index contributed by atoms with van der Waals surface area (Å²) in [4.78, 5) is 7.34. The number of aromatic amines is 1. The molecule has 18 heavy (non-hydrogen) atoms. The highest BCUT2D eigenvalue weighted by molar-refractivity contribution is 5.33. The van der Waals surface area contributed by atoms with E-state index in [2.05, 4.69) is 47.3 Å². The fraction of sp³-hybridized carbons (Fsp3) is 0.400. The monoisotopic (exact) mass is 243 g/mol. The summed E-state index contributed by atoms with van der Waals surface area (Å²) in [6.45, 7) is 6.32. The van der Waals surface area contributed by atoms with Crippen molar-refractivity contribution >= 4 is 0 Å². The average Bonchev–Trinajstić information content (AvgIpc) is 2.85. The first-order valence-corrected chi connectivity index (χ1v) is 6.51. The van der Waals surface area contributed by atoms with Gasteiger partial charge in [0.2, 0.25) is 0 Å². The Balaban J connectivity index is 1.72. The molecule has 0 radical (unpaired) electrons.